The summed E-state index contributed by atoms with van der Waals surface area (Å²) in [5, 5.41) is 0. The standard InChI is InChI=1S/C21H23N3O8/c1-11-15(19(27)31-9-8-29-2)21(16(17(23)32-11)18(26)30-3)12-6-4-5-7-13(12)24(20(21)28)10-14(22)25/h4-7H,8-10,23H2,1-3H3,(H2,22,25)/t21-/m0/s1. The molecule has 4 N–H and O–H groups in total. The summed E-state index contributed by atoms with van der Waals surface area (Å²) in [4.78, 5) is 52.8. The number of primary amides is 1. The van der Waals surface area contributed by atoms with E-state index in [0.29, 0.717) is 0 Å². The minimum Gasteiger partial charge on any atom is -0.465 e. The number of benzene rings is 1. The third kappa shape index (κ3) is 3.36. The second-order valence-corrected chi connectivity index (χ2v) is 7.02. The summed E-state index contributed by atoms with van der Waals surface area (Å²) in [6.45, 7) is 0.919. The number of nitrogens with zero attached hydrogens (tertiary/aromatic N) is 1. The van der Waals surface area contributed by atoms with Crippen LogP contribution in [0.5, 0.6) is 0 Å². The number of carbonyl (C=O) groups is 4. The molecule has 32 heavy (non-hydrogen) atoms. The summed E-state index contributed by atoms with van der Waals surface area (Å²) >= 11 is 0. The van der Waals surface area contributed by atoms with Crippen LogP contribution in [0.4, 0.5) is 5.69 Å². The van der Waals surface area contributed by atoms with Crippen molar-refractivity contribution in [2.75, 3.05) is 38.9 Å². The lowest BCUT2D eigenvalue weighted by molar-refractivity contribution is -0.143. The lowest BCUT2D eigenvalue weighted by atomic mass is 9.67. The number of ether oxygens (including phenoxy) is 4. The molecule has 170 valence electrons. The molecule has 0 aromatic heterocycles. The fourth-order valence-electron chi connectivity index (χ4n) is 4.03. The summed E-state index contributed by atoms with van der Waals surface area (Å²) in [7, 11) is 2.53. The van der Waals surface area contributed by atoms with E-state index in [4.69, 9.17) is 30.4 Å². The molecule has 2 amide bonds. The van der Waals surface area contributed by atoms with Gasteiger partial charge in [-0.1, -0.05) is 18.2 Å². The second kappa shape index (κ2) is 8.71. The van der Waals surface area contributed by atoms with Crippen LogP contribution in [-0.2, 0) is 43.5 Å². The van der Waals surface area contributed by atoms with Crippen molar-refractivity contribution in [1.82, 2.24) is 0 Å². The number of hydrogen-bond donors (Lipinski definition) is 2. The van der Waals surface area contributed by atoms with Crippen LogP contribution >= 0.6 is 0 Å². The van der Waals surface area contributed by atoms with Gasteiger partial charge in [0, 0.05) is 18.4 Å². The molecule has 1 atom stereocenters. The van der Waals surface area contributed by atoms with Gasteiger partial charge in [0.15, 0.2) is 0 Å². The zero-order chi connectivity index (χ0) is 23.6. The smallest absolute Gasteiger partial charge is 0.340 e. The third-order valence-corrected chi connectivity index (χ3v) is 5.20. The molecule has 0 aliphatic carbocycles. The zero-order valence-electron chi connectivity index (χ0n) is 17.8. The van der Waals surface area contributed by atoms with Crippen molar-refractivity contribution in [3.05, 3.63) is 52.6 Å². The van der Waals surface area contributed by atoms with Gasteiger partial charge in [-0.3, -0.25) is 9.59 Å². The van der Waals surface area contributed by atoms with Crippen LogP contribution in [0.15, 0.2) is 47.1 Å². The SMILES string of the molecule is COCCOC(=O)C1=C(C)OC(N)=C(C(=O)OC)[C@@]12C(=O)N(CC(N)=O)c1ccccc12. The van der Waals surface area contributed by atoms with E-state index < -0.39 is 47.2 Å². The molecular weight excluding hydrogens is 422 g/mol. The maximum Gasteiger partial charge on any atom is 0.340 e. The van der Waals surface area contributed by atoms with Crippen LogP contribution in [-0.4, -0.2) is 57.7 Å². The number of amides is 2. The number of hydrogen-bond acceptors (Lipinski definition) is 9. The summed E-state index contributed by atoms with van der Waals surface area (Å²) in [6.07, 6.45) is 0. The molecule has 11 nitrogen and oxygen atoms in total. The van der Waals surface area contributed by atoms with E-state index in [1.165, 1.54) is 14.0 Å². The molecule has 0 unspecified atom stereocenters. The molecule has 0 bridgehead atoms. The molecule has 1 aromatic rings. The van der Waals surface area contributed by atoms with Crippen LogP contribution in [0.3, 0.4) is 0 Å². The molecular formula is C21H23N3O8. The van der Waals surface area contributed by atoms with Gasteiger partial charge >= 0.3 is 11.9 Å². The topological polar surface area (TPSA) is 160 Å². The Bertz CT molecular complexity index is 1060. The largest absolute Gasteiger partial charge is 0.465 e. The second-order valence-electron chi connectivity index (χ2n) is 7.02. The van der Waals surface area contributed by atoms with Crippen LogP contribution in [0.2, 0.25) is 0 Å². The minimum absolute atomic E-state index is 0.0401. The van der Waals surface area contributed by atoms with Gasteiger partial charge in [0.05, 0.1) is 13.7 Å². The molecule has 11 heteroatoms. The highest BCUT2D eigenvalue weighted by atomic mass is 16.6. The molecule has 1 aromatic carbocycles. The quantitative estimate of drug-likeness (QED) is 0.420. The van der Waals surface area contributed by atoms with Crippen LogP contribution in [0.25, 0.3) is 0 Å². The monoisotopic (exact) mass is 445 g/mol. The molecule has 2 aliphatic heterocycles. The molecule has 1 spiro atoms. The highest BCUT2D eigenvalue weighted by molar-refractivity contribution is 6.23. The summed E-state index contributed by atoms with van der Waals surface area (Å²) in [6, 6.07) is 6.36. The number of fused-ring (bicyclic) bond motifs is 2. The Hall–Kier alpha value is -3.86. The first kappa shape index (κ1) is 22.8. The lowest BCUT2D eigenvalue weighted by Crippen LogP contribution is -2.52. The van der Waals surface area contributed by atoms with Gasteiger partial charge in [0.2, 0.25) is 17.7 Å². The Morgan fingerprint density at radius 2 is 1.78 bits per heavy atom. The molecule has 2 aliphatic rings. The minimum atomic E-state index is -2.06. The van der Waals surface area contributed by atoms with E-state index in [2.05, 4.69) is 0 Å². The van der Waals surface area contributed by atoms with Crippen LogP contribution in [0.1, 0.15) is 12.5 Å². The van der Waals surface area contributed by atoms with E-state index in [9.17, 15) is 19.2 Å². The molecule has 0 radical (unpaired) electrons. The number of esters is 2. The summed E-state index contributed by atoms with van der Waals surface area (Å²) in [5.41, 5.74) is 9.20. The Kier molecular flexibility index (Phi) is 6.21. The van der Waals surface area contributed by atoms with E-state index >= 15 is 0 Å². The maximum atomic E-state index is 13.9. The van der Waals surface area contributed by atoms with Gasteiger partial charge in [-0.15, -0.1) is 0 Å². The molecule has 0 fully saturated rings. The first-order valence-corrected chi connectivity index (χ1v) is 9.55. The van der Waals surface area contributed by atoms with Crippen molar-refractivity contribution >= 4 is 29.4 Å². The first-order chi connectivity index (χ1) is 15.2. The number of carbonyl (C=O) groups excluding carboxylic acids is 4. The van der Waals surface area contributed by atoms with Crippen LogP contribution in [0, 0.1) is 0 Å². The van der Waals surface area contributed by atoms with Crippen LogP contribution < -0.4 is 16.4 Å². The number of rotatable bonds is 7. The fraction of sp³-hybridized carbons (Fsp3) is 0.333. The zero-order valence-corrected chi connectivity index (χ0v) is 17.8. The van der Waals surface area contributed by atoms with E-state index in [1.54, 1.807) is 24.3 Å². The third-order valence-electron chi connectivity index (χ3n) is 5.20. The average molecular weight is 445 g/mol. The van der Waals surface area contributed by atoms with E-state index in [1.807, 2.05) is 0 Å². The predicted octanol–water partition coefficient (Wildman–Crippen LogP) is -0.407. The van der Waals surface area contributed by atoms with Crippen molar-refractivity contribution in [3.63, 3.8) is 0 Å². The predicted molar refractivity (Wildman–Crippen MR) is 110 cm³/mol. The first-order valence-electron chi connectivity index (χ1n) is 9.55. The fourth-order valence-corrected chi connectivity index (χ4v) is 4.03. The summed E-state index contributed by atoms with van der Waals surface area (Å²) in [5.74, 6) is -3.94. The lowest BCUT2D eigenvalue weighted by Gasteiger charge is -2.36. The number of methoxy groups -OCH3 is 2. The van der Waals surface area contributed by atoms with Gasteiger partial charge in [-0.2, -0.15) is 0 Å². The number of anilines is 1. The summed E-state index contributed by atoms with van der Waals surface area (Å²) < 4.78 is 20.5. The van der Waals surface area contributed by atoms with Gasteiger partial charge in [0.1, 0.15) is 35.5 Å². The van der Waals surface area contributed by atoms with Crippen molar-refractivity contribution in [2.45, 2.75) is 12.3 Å². The van der Waals surface area contributed by atoms with Crippen molar-refractivity contribution in [2.24, 2.45) is 11.5 Å². The van der Waals surface area contributed by atoms with Gasteiger partial charge < -0.3 is 35.3 Å². The van der Waals surface area contributed by atoms with Crippen molar-refractivity contribution < 1.29 is 38.1 Å². The van der Waals surface area contributed by atoms with Crippen molar-refractivity contribution in [3.8, 4) is 0 Å². The average Bonchev–Trinajstić information content (AvgIpc) is 2.96. The maximum absolute atomic E-state index is 13.9. The number of para-hydroxylation sites is 1. The highest BCUT2D eigenvalue weighted by Gasteiger charge is 2.64. The normalized spacial score (nSPS) is 19.7. The molecule has 0 saturated carbocycles. The Balaban J connectivity index is 2.34. The Morgan fingerprint density at radius 3 is 2.41 bits per heavy atom. The van der Waals surface area contributed by atoms with Gasteiger partial charge in [-0.05, 0) is 13.0 Å². The molecule has 2 heterocycles. The highest BCUT2D eigenvalue weighted by Crippen LogP contribution is 2.54. The van der Waals surface area contributed by atoms with E-state index in [0.717, 1.165) is 12.0 Å². The van der Waals surface area contributed by atoms with Gasteiger partial charge in [-0.25, -0.2) is 9.59 Å². The Labute approximate surface area is 183 Å². The van der Waals surface area contributed by atoms with Crippen molar-refractivity contribution in [1.29, 1.82) is 0 Å². The Morgan fingerprint density at radius 1 is 1.09 bits per heavy atom. The molecule has 0 saturated heterocycles. The molecule has 3 rings (SSSR count). The number of allylic oxidation sites excluding steroid dienone is 1. The van der Waals surface area contributed by atoms with E-state index in [-0.39, 0.29) is 35.8 Å². The van der Waals surface area contributed by atoms with Gasteiger partial charge in [0.25, 0.3) is 0 Å². The number of nitrogens with two attached hydrogens (primary N) is 2.